The number of aliphatic carboxylic acids is 2. The Bertz CT molecular complexity index is 1070. The van der Waals surface area contributed by atoms with E-state index in [1.807, 2.05) is 5.32 Å². The summed E-state index contributed by atoms with van der Waals surface area (Å²) in [6.07, 6.45) is 8.08. The first-order chi connectivity index (χ1) is 19.7. The molecule has 0 spiro atoms. The molecule has 0 saturated carbocycles. The lowest BCUT2D eigenvalue weighted by atomic mass is 10.1. The van der Waals surface area contributed by atoms with Crippen LogP contribution in [0, 0.1) is 12.3 Å². The van der Waals surface area contributed by atoms with E-state index in [2.05, 4.69) is 11.0 Å². The van der Waals surface area contributed by atoms with Crippen molar-refractivity contribution in [2.75, 3.05) is 33.9 Å². The number of nitrogens with zero attached hydrogens (tertiary/aromatic N) is 1. The molecule has 0 bridgehead atoms. The Morgan fingerprint density at radius 3 is 2.19 bits per heavy atom. The maximum atomic E-state index is 13.3. The topological polar surface area (TPSA) is 207 Å². The molecule has 0 fully saturated rings. The van der Waals surface area contributed by atoms with Gasteiger partial charge < -0.3 is 29.1 Å². The average molecular weight is 616 g/mol. The van der Waals surface area contributed by atoms with Crippen LogP contribution >= 0.6 is 7.75 Å². The van der Waals surface area contributed by atoms with Crippen LogP contribution in [0.2, 0.25) is 0 Å². The molecule has 4 N–H and O–H groups in total. The van der Waals surface area contributed by atoms with E-state index in [4.69, 9.17) is 44.7 Å². The van der Waals surface area contributed by atoms with Crippen molar-refractivity contribution in [3.63, 3.8) is 0 Å². The maximum Gasteiger partial charge on any atom is 0.459 e. The summed E-state index contributed by atoms with van der Waals surface area (Å²) in [6.45, 7) is 3.42. The lowest BCUT2D eigenvalue weighted by Crippen LogP contribution is -2.34. The summed E-state index contributed by atoms with van der Waals surface area (Å²) in [5.41, 5.74) is 0. The molecule has 0 aliphatic carbocycles. The van der Waals surface area contributed by atoms with Gasteiger partial charge in [0.2, 0.25) is 6.41 Å². The molecule has 16 heteroatoms. The van der Waals surface area contributed by atoms with Gasteiger partial charge in [-0.3, -0.25) is 33.8 Å². The highest BCUT2D eigenvalue weighted by molar-refractivity contribution is 7.52. The maximum absolute atomic E-state index is 13.3. The zero-order valence-corrected chi connectivity index (χ0v) is 24.9. The number of carbonyl (C=O) groups excluding carboxylic acids is 3. The van der Waals surface area contributed by atoms with E-state index in [0.717, 1.165) is 19.9 Å². The molecule has 0 radical (unpaired) electrons. The SMILES string of the molecule is C#CC(CC(COP(=O)(NCC(=O)OCC)Oc1ccccc1)OC)N(C)/C=C\C(=O)NC=O.CC(=O)O.CC(=O)O. The number of hydrogen-bond donors (Lipinski definition) is 4. The van der Waals surface area contributed by atoms with E-state index >= 15 is 0 Å². The van der Waals surface area contributed by atoms with Crippen LogP contribution in [-0.4, -0.2) is 91.4 Å². The van der Waals surface area contributed by atoms with Crippen LogP contribution in [0.25, 0.3) is 0 Å². The number of nitrogens with one attached hydrogen (secondary N) is 2. The first-order valence-electron chi connectivity index (χ1n) is 12.2. The summed E-state index contributed by atoms with van der Waals surface area (Å²) in [5.74, 6) is -0.0390. The number of methoxy groups -OCH3 is 1. The standard InChI is InChI=1S/C22H30N3O8P.2C2H4O2/c1-5-18(25(3)13-12-21(27)23-17-26)14-20(30-4)16-32-34(29,24-15-22(28)31-6-2)33-19-10-8-7-9-11-19;2*1-2(3)4/h1,7-13,17-18,20H,6,14-16H2,2-4H3,(H,24,29)(H,23,26,27);2*1H3,(H,3,4)/b13-12-;;. The Hall–Kier alpha value is -4.22. The Kier molecular flexibility index (Phi) is 22.3. The summed E-state index contributed by atoms with van der Waals surface area (Å²) in [7, 11) is -0.911. The van der Waals surface area contributed by atoms with Crippen LogP contribution < -0.4 is 14.9 Å². The number of amides is 2. The van der Waals surface area contributed by atoms with E-state index in [1.165, 1.54) is 13.3 Å². The highest BCUT2D eigenvalue weighted by Crippen LogP contribution is 2.44. The molecule has 42 heavy (non-hydrogen) atoms. The second kappa shape index (κ2) is 23.5. The zero-order chi connectivity index (χ0) is 32.6. The van der Waals surface area contributed by atoms with Crippen LogP contribution in [0.5, 0.6) is 5.75 Å². The molecule has 0 aliphatic rings. The smallest absolute Gasteiger partial charge is 0.459 e. The fourth-order valence-corrected chi connectivity index (χ4v) is 3.80. The number of hydrogen-bond acceptors (Lipinski definition) is 11. The summed E-state index contributed by atoms with van der Waals surface area (Å²) in [6, 6.07) is 7.81. The number of rotatable bonds is 16. The second-order valence-corrected chi connectivity index (χ2v) is 9.51. The number of terminal acetylenes is 1. The van der Waals surface area contributed by atoms with E-state index in [1.54, 1.807) is 49.2 Å². The van der Waals surface area contributed by atoms with Gasteiger partial charge in [-0.15, -0.1) is 6.42 Å². The minimum absolute atomic E-state index is 0.170. The monoisotopic (exact) mass is 615 g/mol. The molecule has 1 rings (SSSR count). The number of benzene rings is 1. The van der Waals surface area contributed by atoms with Gasteiger partial charge in [0.25, 0.3) is 17.8 Å². The van der Waals surface area contributed by atoms with Gasteiger partial charge in [0.1, 0.15) is 12.3 Å². The second-order valence-electron chi connectivity index (χ2n) is 7.76. The van der Waals surface area contributed by atoms with Crippen LogP contribution in [0.1, 0.15) is 27.2 Å². The normalized spacial score (nSPS) is 12.8. The summed E-state index contributed by atoms with van der Waals surface area (Å²) >= 11 is 0. The quantitative estimate of drug-likeness (QED) is 0.0686. The highest BCUT2D eigenvalue weighted by Gasteiger charge is 2.30. The Labute approximate surface area is 244 Å². The van der Waals surface area contributed by atoms with Crippen molar-refractivity contribution in [3.05, 3.63) is 42.6 Å². The molecule has 3 unspecified atom stereocenters. The third-order valence-electron chi connectivity index (χ3n) is 4.29. The lowest BCUT2D eigenvalue weighted by Gasteiger charge is -2.27. The third-order valence-corrected chi connectivity index (χ3v) is 5.77. The minimum atomic E-state index is -3.99. The molecular formula is C26H38N3O12P. The zero-order valence-electron chi connectivity index (χ0n) is 24.1. The van der Waals surface area contributed by atoms with Crippen molar-refractivity contribution >= 4 is 38.0 Å². The van der Waals surface area contributed by atoms with Crippen LogP contribution in [-0.2, 0) is 42.5 Å². The lowest BCUT2D eigenvalue weighted by molar-refractivity contribution is -0.142. The number of imide groups is 1. The number of carboxylic acids is 2. The van der Waals surface area contributed by atoms with Gasteiger partial charge in [-0.2, -0.15) is 0 Å². The fourth-order valence-electron chi connectivity index (χ4n) is 2.51. The van der Waals surface area contributed by atoms with Gasteiger partial charge in [0, 0.05) is 46.7 Å². The van der Waals surface area contributed by atoms with Crippen LogP contribution in [0.4, 0.5) is 0 Å². The highest BCUT2D eigenvalue weighted by atomic mass is 31.2. The molecule has 15 nitrogen and oxygen atoms in total. The van der Waals surface area contributed by atoms with Crippen LogP contribution in [0.15, 0.2) is 42.6 Å². The van der Waals surface area contributed by atoms with Gasteiger partial charge in [-0.1, -0.05) is 24.1 Å². The van der Waals surface area contributed by atoms with Gasteiger partial charge in [-0.25, -0.2) is 9.65 Å². The Balaban J connectivity index is 0. The van der Waals surface area contributed by atoms with Gasteiger partial charge >= 0.3 is 13.7 Å². The number of para-hydroxylation sites is 1. The van der Waals surface area contributed by atoms with E-state index < -0.39 is 43.7 Å². The summed E-state index contributed by atoms with van der Waals surface area (Å²) in [5, 5.41) is 19.3. The summed E-state index contributed by atoms with van der Waals surface area (Å²) < 4.78 is 34.6. The number of ether oxygens (including phenoxy) is 2. The molecule has 0 heterocycles. The molecule has 2 amide bonds. The Morgan fingerprint density at radius 2 is 1.71 bits per heavy atom. The first kappa shape index (κ1) is 39.9. The van der Waals surface area contributed by atoms with Gasteiger partial charge in [-0.05, 0) is 19.1 Å². The fraction of sp³-hybridized carbons (Fsp3) is 0.423. The molecule has 1 aromatic rings. The predicted molar refractivity (Wildman–Crippen MR) is 151 cm³/mol. The largest absolute Gasteiger partial charge is 0.481 e. The molecule has 3 atom stereocenters. The molecule has 0 aliphatic heterocycles. The van der Waals surface area contributed by atoms with E-state index in [-0.39, 0.29) is 38.3 Å². The Morgan fingerprint density at radius 1 is 1.14 bits per heavy atom. The summed E-state index contributed by atoms with van der Waals surface area (Å²) in [4.78, 5) is 53.0. The molecule has 1 aromatic carbocycles. The van der Waals surface area contributed by atoms with Crippen molar-refractivity contribution in [1.29, 1.82) is 0 Å². The molecular weight excluding hydrogens is 577 g/mol. The van der Waals surface area contributed by atoms with Crippen molar-refractivity contribution < 1.29 is 57.3 Å². The third kappa shape index (κ3) is 22.6. The van der Waals surface area contributed by atoms with Crippen molar-refractivity contribution in [2.45, 2.75) is 39.3 Å². The van der Waals surface area contributed by atoms with Gasteiger partial charge in [0.05, 0.1) is 25.4 Å². The van der Waals surface area contributed by atoms with Crippen molar-refractivity contribution in [2.24, 2.45) is 0 Å². The number of esters is 1. The van der Waals surface area contributed by atoms with Crippen molar-refractivity contribution in [1.82, 2.24) is 15.3 Å². The van der Waals surface area contributed by atoms with E-state index in [0.29, 0.717) is 0 Å². The number of carboxylic acid groups (broad SMARTS) is 2. The molecule has 0 saturated heterocycles. The number of carbonyl (C=O) groups is 5. The molecule has 234 valence electrons. The minimum Gasteiger partial charge on any atom is -0.481 e. The first-order valence-corrected chi connectivity index (χ1v) is 13.7. The predicted octanol–water partition coefficient (Wildman–Crippen LogP) is 1.65. The average Bonchev–Trinajstić information content (AvgIpc) is 2.91. The molecule has 0 aromatic heterocycles. The van der Waals surface area contributed by atoms with Crippen molar-refractivity contribution in [3.8, 4) is 18.1 Å². The van der Waals surface area contributed by atoms with E-state index in [9.17, 15) is 18.9 Å². The van der Waals surface area contributed by atoms with Crippen LogP contribution in [0.3, 0.4) is 0 Å². The van der Waals surface area contributed by atoms with Gasteiger partial charge in [0.15, 0.2) is 0 Å².